The molecule has 1 amide bonds. The molecule has 0 aliphatic heterocycles. The van der Waals surface area contributed by atoms with Crippen LogP contribution >= 0.6 is 34.2 Å². The number of anilines is 1. The number of amides is 1. The van der Waals surface area contributed by atoms with E-state index in [2.05, 4.69) is 33.1 Å². The van der Waals surface area contributed by atoms with Gasteiger partial charge in [-0.25, -0.2) is 4.39 Å². The minimum Gasteiger partial charge on any atom is -0.490 e. The number of nitrogens with zero attached hydrogens (tertiary/aromatic N) is 1. The monoisotopic (exact) mass is 582 g/mol. The molecule has 0 saturated carbocycles. The highest BCUT2D eigenvalue weighted by Crippen LogP contribution is 2.34. The standard InChI is InChI=1S/C24H21ClFIN2O4/c1-2-31-22-12-17(11-21(27)24(22)32-14-16-4-3-5-19(26)10-16)13-28-33-15-23(30)29-20-8-6-18(25)7-9-20/h3-13H,2,14-15H2,1H3,(H,29,30)/b28-13+. The van der Waals surface area contributed by atoms with Gasteiger partial charge in [-0.3, -0.25) is 4.79 Å². The summed E-state index contributed by atoms with van der Waals surface area (Å²) in [7, 11) is 0. The molecule has 0 unspecified atom stereocenters. The summed E-state index contributed by atoms with van der Waals surface area (Å²) >= 11 is 7.96. The smallest absolute Gasteiger partial charge is 0.265 e. The summed E-state index contributed by atoms with van der Waals surface area (Å²) < 4.78 is 25.8. The van der Waals surface area contributed by atoms with Crippen LogP contribution in [0.4, 0.5) is 10.1 Å². The number of carbonyl (C=O) groups is 1. The van der Waals surface area contributed by atoms with Gasteiger partial charge in [-0.2, -0.15) is 0 Å². The fraction of sp³-hybridized carbons (Fsp3) is 0.167. The minimum atomic E-state index is -0.347. The van der Waals surface area contributed by atoms with Crippen LogP contribution in [0.1, 0.15) is 18.1 Å². The first kappa shape index (κ1) is 24.8. The normalized spacial score (nSPS) is 10.8. The van der Waals surface area contributed by atoms with Gasteiger partial charge >= 0.3 is 0 Å². The van der Waals surface area contributed by atoms with E-state index in [1.54, 1.807) is 42.5 Å². The van der Waals surface area contributed by atoms with E-state index in [1.807, 2.05) is 13.0 Å². The zero-order valence-corrected chi connectivity index (χ0v) is 20.6. The highest BCUT2D eigenvalue weighted by molar-refractivity contribution is 14.1. The maximum atomic E-state index is 13.4. The lowest BCUT2D eigenvalue weighted by Gasteiger charge is -2.14. The molecule has 0 aliphatic rings. The Labute approximate surface area is 209 Å². The molecule has 0 aliphatic carbocycles. The second kappa shape index (κ2) is 12.4. The molecular formula is C24H21ClFIN2O4. The summed E-state index contributed by atoms with van der Waals surface area (Å²) in [5.41, 5.74) is 2.03. The molecule has 172 valence electrons. The fourth-order valence-corrected chi connectivity index (χ4v) is 3.68. The van der Waals surface area contributed by atoms with E-state index in [0.717, 1.165) is 3.57 Å². The number of hydrogen-bond donors (Lipinski definition) is 1. The Morgan fingerprint density at radius 1 is 1.15 bits per heavy atom. The lowest BCUT2D eigenvalue weighted by Crippen LogP contribution is -2.16. The maximum absolute atomic E-state index is 13.4. The number of carbonyl (C=O) groups excluding carboxylic acids is 1. The van der Waals surface area contributed by atoms with Gasteiger partial charge in [-0.15, -0.1) is 0 Å². The molecule has 0 heterocycles. The van der Waals surface area contributed by atoms with Crippen molar-refractivity contribution in [2.75, 3.05) is 18.5 Å². The lowest BCUT2D eigenvalue weighted by atomic mass is 10.2. The predicted octanol–water partition coefficient (Wildman–Crippen LogP) is 6.05. The van der Waals surface area contributed by atoms with Crippen molar-refractivity contribution in [3.63, 3.8) is 0 Å². The summed E-state index contributed by atoms with van der Waals surface area (Å²) in [5, 5.41) is 7.13. The van der Waals surface area contributed by atoms with E-state index in [0.29, 0.717) is 39.9 Å². The Bertz CT molecular complexity index is 1130. The number of benzene rings is 3. The molecule has 1 N–H and O–H groups in total. The summed E-state index contributed by atoms with van der Waals surface area (Å²) in [6, 6.07) is 16.6. The van der Waals surface area contributed by atoms with Crippen LogP contribution in [0.2, 0.25) is 5.02 Å². The molecule has 0 saturated heterocycles. The van der Waals surface area contributed by atoms with Crippen molar-refractivity contribution in [1.82, 2.24) is 0 Å². The lowest BCUT2D eigenvalue weighted by molar-refractivity contribution is -0.120. The van der Waals surface area contributed by atoms with Crippen molar-refractivity contribution >= 4 is 52.0 Å². The van der Waals surface area contributed by atoms with E-state index in [-0.39, 0.29) is 24.9 Å². The van der Waals surface area contributed by atoms with E-state index in [4.69, 9.17) is 25.9 Å². The van der Waals surface area contributed by atoms with Crippen LogP contribution < -0.4 is 14.8 Å². The molecule has 3 aromatic carbocycles. The topological polar surface area (TPSA) is 69.2 Å². The highest BCUT2D eigenvalue weighted by atomic mass is 127. The molecule has 33 heavy (non-hydrogen) atoms. The fourth-order valence-electron chi connectivity index (χ4n) is 2.77. The van der Waals surface area contributed by atoms with Gasteiger partial charge in [0, 0.05) is 16.3 Å². The van der Waals surface area contributed by atoms with Crippen molar-refractivity contribution in [1.29, 1.82) is 0 Å². The van der Waals surface area contributed by atoms with E-state index in [1.165, 1.54) is 18.3 Å². The average Bonchev–Trinajstić information content (AvgIpc) is 2.78. The Morgan fingerprint density at radius 3 is 2.67 bits per heavy atom. The van der Waals surface area contributed by atoms with E-state index in [9.17, 15) is 9.18 Å². The van der Waals surface area contributed by atoms with E-state index < -0.39 is 0 Å². The molecule has 6 nitrogen and oxygen atoms in total. The molecule has 3 rings (SSSR count). The van der Waals surface area contributed by atoms with Crippen LogP contribution in [0.3, 0.4) is 0 Å². The van der Waals surface area contributed by atoms with Gasteiger partial charge in [0.15, 0.2) is 18.1 Å². The van der Waals surface area contributed by atoms with Crippen molar-refractivity contribution in [2.45, 2.75) is 13.5 Å². The van der Waals surface area contributed by atoms with Gasteiger partial charge in [0.25, 0.3) is 5.91 Å². The summed E-state index contributed by atoms with van der Waals surface area (Å²) in [6.07, 6.45) is 1.48. The SMILES string of the molecule is CCOc1cc(/C=N/OCC(=O)Nc2ccc(Cl)cc2)cc(I)c1OCc1cccc(F)c1. The average molecular weight is 583 g/mol. The Morgan fingerprint density at radius 2 is 1.94 bits per heavy atom. The van der Waals surface area contributed by atoms with Gasteiger partial charge in [0.2, 0.25) is 0 Å². The second-order valence-electron chi connectivity index (χ2n) is 6.74. The van der Waals surface area contributed by atoms with Gasteiger partial charge < -0.3 is 19.6 Å². The summed E-state index contributed by atoms with van der Waals surface area (Å²) in [6.45, 7) is 2.26. The maximum Gasteiger partial charge on any atom is 0.265 e. The van der Waals surface area contributed by atoms with Crippen molar-refractivity contribution in [2.24, 2.45) is 5.16 Å². The second-order valence-corrected chi connectivity index (χ2v) is 8.34. The number of oxime groups is 1. The Kier molecular flexibility index (Phi) is 9.32. The summed E-state index contributed by atoms with van der Waals surface area (Å²) in [5.74, 6) is 0.425. The van der Waals surface area contributed by atoms with E-state index >= 15 is 0 Å². The van der Waals surface area contributed by atoms with Crippen LogP contribution in [0.15, 0.2) is 65.8 Å². The third-order valence-electron chi connectivity index (χ3n) is 4.20. The third kappa shape index (κ3) is 7.90. The molecule has 0 bridgehead atoms. The number of nitrogens with one attached hydrogen (secondary N) is 1. The minimum absolute atomic E-state index is 0.202. The van der Waals surface area contributed by atoms with Gasteiger partial charge in [0.1, 0.15) is 12.4 Å². The predicted molar refractivity (Wildman–Crippen MR) is 135 cm³/mol. The number of rotatable bonds is 10. The Balaban J connectivity index is 1.59. The molecule has 9 heteroatoms. The van der Waals surface area contributed by atoms with Crippen LogP contribution in [-0.4, -0.2) is 25.3 Å². The van der Waals surface area contributed by atoms with Gasteiger partial charge in [-0.1, -0.05) is 28.9 Å². The number of hydrogen-bond acceptors (Lipinski definition) is 5. The molecule has 0 fully saturated rings. The van der Waals surface area contributed by atoms with Crippen molar-refractivity contribution < 1.29 is 23.5 Å². The first-order valence-electron chi connectivity index (χ1n) is 9.99. The molecule has 0 aromatic heterocycles. The highest BCUT2D eigenvalue weighted by Gasteiger charge is 2.12. The number of ether oxygens (including phenoxy) is 2. The van der Waals surface area contributed by atoms with Crippen LogP contribution in [0, 0.1) is 9.39 Å². The Hall–Kier alpha value is -2.85. The molecule has 3 aromatic rings. The van der Waals surface area contributed by atoms with Crippen LogP contribution in [-0.2, 0) is 16.2 Å². The summed E-state index contributed by atoms with van der Waals surface area (Å²) in [4.78, 5) is 17.1. The van der Waals surface area contributed by atoms with Crippen LogP contribution in [0.5, 0.6) is 11.5 Å². The van der Waals surface area contributed by atoms with Gasteiger partial charge in [0.05, 0.1) is 16.4 Å². The molecule has 0 spiro atoms. The molecular weight excluding hydrogens is 562 g/mol. The van der Waals surface area contributed by atoms with Crippen molar-refractivity contribution in [3.05, 3.63) is 86.2 Å². The largest absolute Gasteiger partial charge is 0.490 e. The van der Waals surface area contributed by atoms with Crippen LogP contribution in [0.25, 0.3) is 0 Å². The molecule has 0 radical (unpaired) electrons. The zero-order chi connectivity index (χ0) is 23.6. The molecule has 0 atom stereocenters. The third-order valence-corrected chi connectivity index (χ3v) is 5.26. The zero-order valence-electron chi connectivity index (χ0n) is 17.7. The first-order valence-corrected chi connectivity index (χ1v) is 11.4. The van der Waals surface area contributed by atoms with Crippen molar-refractivity contribution in [3.8, 4) is 11.5 Å². The van der Waals surface area contributed by atoms with Gasteiger partial charge in [-0.05, 0) is 83.6 Å². The first-order chi connectivity index (χ1) is 15.9. The quantitative estimate of drug-likeness (QED) is 0.180. The number of halogens is 3.